The van der Waals surface area contributed by atoms with E-state index in [1.54, 1.807) is 0 Å². The van der Waals surface area contributed by atoms with E-state index in [0.29, 0.717) is 5.92 Å². The molecular formula is C16H27N3. The number of hydrogen-bond acceptors (Lipinski definition) is 2. The van der Waals surface area contributed by atoms with E-state index >= 15 is 0 Å². The minimum absolute atomic E-state index is 0.698. The number of hydrogen-bond donors (Lipinski definition) is 0. The van der Waals surface area contributed by atoms with Crippen LogP contribution in [0.15, 0.2) is 6.20 Å². The predicted molar refractivity (Wildman–Crippen MR) is 78.5 cm³/mol. The van der Waals surface area contributed by atoms with Gasteiger partial charge < -0.3 is 9.47 Å². The molecular weight excluding hydrogens is 234 g/mol. The first-order valence-corrected chi connectivity index (χ1v) is 8.08. The molecule has 0 saturated carbocycles. The molecule has 1 saturated heterocycles. The largest absolute Gasteiger partial charge is 0.332 e. The fourth-order valence-corrected chi connectivity index (χ4v) is 3.87. The number of likely N-dealkylation sites (tertiary alicyclic amines) is 1. The van der Waals surface area contributed by atoms with Crippen LogP contribution in [0.2, 0.25) is 0 Å². The maximum absolute atomic E-state index is 4.75. The summed E-state index contributed by atoms with van der Waals surface area (Å²) < 4.78 is 2.51. The van der Waals surface area contributed by atoms with Gasteiger partial charge in [-0.25, -0.2) is 4.98 Å². The molecule has 19 heavy (non-hydrogen) atoms. The standard InChI is InChI=1S/C16H27N3/c1-3-18-9-5-4-8-14(18)11-16-17-12-15-13(2)7-6-10-19(15)16/h12-14H,3-11H2,1-2H3. The van der Waals surface area contributed by atoms with Gasteiger partial charge in [-0.3, -0.25) is 0 Å². The number of rotatable bonds is 3. The molecule has 0 spiro atoms. The van der Waals surface area contributed by atoms with Crippen LogP contribution in [0.5, 0.6) is 0 Å². The number of imidazole rings is 1. The van der Waals surface area contributed by atoms with Crippen molar-refractivity contribution < 1.29 is 0 Å². The minimum Gasteiger partial charge on any atom is -0.332 e. The zero-order valence-corrected chi connectivity index (χ0v) is 12.4. The summed E-state index contributed by atoms with van der Waals surface area (Å²) >= 11 is 0. The van der Waals surface area contributed by atoms with E-state index < -0.39 is 0 Å². The Morgan fingerprint density at radius 2 is 2.11 bits per heavy atom. The van der Waals surface area contributed by atoms with E-state index in [2.05, 4.69) is 29.5 Å². The third-order valence-corrected chi connectivity index (χ3v) is 5.07. The van der Waals surface area contributed by atoms with Gasteiger partial charge >= 0.3 is 0 Å². The molecule has 0 aromatic carbocycles. The molecule has 1 aromatic heterocycles. The molecule has 3 heterocycles. The first-order chi connectivity index (χ1) is 9.29. The zero-order chi connectivity index (χ0) is 13.2. The van der Waals surface area contributed by atoms with Crippen LogP contribution in [0.3, 0.4) is 0 Å². The Hall–Kier alpha value is -0.830. The van der Waals surface area contributed by atoms with Crippen molar-refractivity contribution in [2.24, 2.45) is 0 Å². The van der Waals surface area contributed by atoms with Crippen molar-refractivity contribution in [2.45, 2.75) is 70.9 Å². The Morgan fingerprint density at radius 1 is 1.21 bits per heavy atom. The van der Waals surface area contributed by atoms with Gasteiger partial charge in [-0.1, -0.05) is 20.3 Å². The summed E-state index contributed by atoms with van der Waals surface area (Å²) in [5, 5.41) is 0. The van der Waals surface area contributed by atoms with Gasteiger partial charge in [0.25, 0.3) is 0 Å². The lowest BCUT2D eigenvalue weighted by Crippen LogP contribution is -2.41. The Morgan fingerprint density at radius 3 is 2.95 bits per heavy atom. The van der Waals surface area contributed by atoms with Gasteiger partial charge in [0.05, 0.1) is 0 Å². The lowest BCUT2D eigenvalue weighted by Gasteiger charge is -2.35. The van der Waals surface area contributed by atoms with E-state index in [9.17, 15) is 0 Å². The van der Waals surface area contributed by atoms with Crippen LogP contribution < -0.4 is 0 Å². The molecule has 2 aliphatic heterocycles. The second kappa shape index (κ2) is 5.66. The normalized spacial score (nSPS) is 28.3. The highest BCUT2D eigenvalue weighted by molar-refractivity contribution is 5.13. The van der Waals surface area contributed by atoms with Gasteiger partial charge in [-0.2, -0.15) is 0 Å². The molecule has 0 N–H and O–H groups in total. The molecule has 1 fully saturated rings. The fraction of sp³-hybridized carbons (Fsp3) is 0.812. The smallest absolute Gasteiger partial charge is 0.110 e. The average Bonchev–Trinajstić information content (AvgIpc) is 2.84. The number of piperidine rings is 1. The second-order valence-corrected chi connectivity index (χ2v) is 6.28. The number of likely N-dealkylation sites (N-methyl/N-ethyl adjacent to an activating group) is 1. The fourth-order valence-electron chi connectivity index (χ4n) is 3.87. The quantitative estimate of drug-likeness (QED) is 0.833. The topological polar surface area (TPSA) is 21.1 Å². The Kier molecular flexibility index (Phi) is 3.92. The molecule has 1 aromatic rings. The molecule has 106 valence electrons. The van der Waals surface area contributed by atoms with E-state index in [0.717, 1.165) is 12.5 Å². The highest BCUT2D eigenvalue weighted by atomic mass is 15.2. The summed E-state index contributed by atoms with van der Waals surface area (Å²) in [6, 6.07) is 0.725. The summed E-state index contributed by atoms with van der Waals surface area (Å²) in [6.07, 6.45) is 10.1. The van der Waals surface area contributed by atoms with Crippen LogP contribution in [0.1, 0.15) is 63.4 Å². The molecule has 0 amide bonds. The minimum atomic E-state index is 0.698. The van der Waals surface area contributed by atoms with Gasteiger partial charge in [-0.15, -0.1) is 0 Å². The van der Waals surface area contributed by atoms with Gasteiger partial charge in [-0.05, 0) is 44.7 Å². The van der Waals surface area contributed by atoms with Gasteiger partial charge in [0.1, 0.15) is 5.82 Å². The van der Waals surface area contributed by atoms with Crippen LogP contribution in [-0.4, -0.2) is 33.6 Å². The van der Waals surface area contributed by atoms with Crippen molar-refractivity contribution in [3.8, 4) is 0 Å². The van der Waals surface area contributed by atoms with Crippen LogP contribution in [0.4, 0.5) is 0 Å². The number of nitrogens with zero attached hydrogens (tertiary/aromatic N) is 3. The lowest BCUT2D eigenvalue weighted by atomic mass is 9.97. The van der Waals surface area contributed by atoms with E-state index in [4.69, 9.17) is 4.98 Å². The third-order valence-electron chi connectivity index (χ3n) is 5.07. The van der Waals surface area contributed by atoms with Gasteiger partial charge in [0, 0.05) is 30.9 Å². The summed E-state index contributed by atoms with van der Waals surface area (Å²) in [4.78, 5) is 7.40. The molecule has 2 aliphatic rings. The van der Waals surface area contributed by atoms with Crippen molar-refractivity contribution in [2.75, 3.05) is 13.1 Å². The summed E-state index contributed by atoms with van der Waals surface area (Å²) in [7, 11) is 0. The Bertz CT molecular complexity index is 424. The van der Waals surface area contributed by atoms with Crippen LogP contribution in [0, 0.1) is 0 Å². The van der Waals surface area contributed by atoms with Crippen molar-refractivity contribution in [3.63, 3.8) is 0 Å². The molecule has 0 radical (unpaired) electrons. The van der Waals surface area contributed by atoms with Gasteiger partial charge in [0.15, 0.2) is 0 Å². The van der Waals surface area contributed by atoms with E-state index in [-0.39, 0.29) is 0 Å². The van der Waals surface area contributed by atoms with Gasteiger partial charge in [0.2, 0.25) is 0 Å². The van der Waals surface area contributed by atoms with Crippen molar-refractivity contribution in [3.05, 3.63) is 17.7 Å². The molecule has 2 atom stereocenters. The third kappa shape index (κ3) is 2.58. The van der Waals surface area contributed by atoms with E-state index in [1.807, 2.05) is 0 Å². The maximum Gasteiger partial charge on any atom is 0.110 e. The van der Waals surface area contributed by atoms with Crippen molar-refractivity contribution in [1.82, 2.24) is 14.5 Å². The lowest BCUT2D eigenvalue weighted by molar-refractivity contribution is 0.152. The molecule has 3 nitrogen and oxygen atoms in total. The van der Waals surface area contributed by atoms with Crippen molar-refractivity contribution in [1.29, 1.82) is 0 Å². The maximum atomic E-state index is 4.75. The van der Waals surface area contributed by atoms with Crippen molar-refractivity contribution >= 4 is 0 Å². The molecule has 2 unspecified atom stereocenters. The predicted octanol–water partition coefficient (Wildman–Crippen LogP) is 3.20. The summed E-state index contributed by atoms with van der Waals surface area (Å²) in [6.45, 7) is 8.30. The SMILES string of the molecule is CCN1CCCCC1Cc1ncc2n1CCCC2C. The van der Waals surface area contributed by atoms with E-state index in [1.165, 1.54) is 63.3 Å². The Labute approximate surface area is 117 Å². The molecule has 3 rings (SSSR count). The molecule has 3 heteroatoms. The van der Waals surface area contributed by atoms with Crippen LogP contribution in [-0.2, 0) is 13.0 Å². The van der Waals surface area contributed by atoms with Crippen LogP contribution >= 0.6 is 0 Å². The second-order valence-electron chi connectivity index (χ2n) is 6.28. The number of fused-ring (bicyclic) bond motifs is 1. The highest BCUT2D eigenvalue weighted by Gasteiger charge is 2.25. The molecule has 0 bridgehead atoms. The number of aromatic nitrogens is 2. The summed E-state index contributed by atoms with van der Waals surface area (Å²) in [5.41, 5.74) is 1.47. The average molecular weight is 261 g/mol. The highest BCUT2D eigenvalue weighted by Crippen LogP contribution is 2.29. The first-order valence-electron chi connectivity index (χ1n) is 8.08. The zero-order valence-electron chi connectivity index (χ0n) is 12.4. The summed E-state index contributed by atoms with van der Waals surface area (Å²) in [5.74, 6) is 2.04. The molecule has 0 aliphatic carbocycles. The Balaban J connectivity index is 1.76. The van der Waals surface area contributed by atoms with Crippen LogP contribution in [0.25, 0.3) is 0 Å². The monoisotopic (exact) mass is 261 g/mol. The first kappa shape index (κ1) is 13.2.